The molecule has 0 spiro atoms. The Kier molecular flexibility index (Phi) is 8.94. The zero-order chi connectivity index (χ0) is 17.3. The van der Waals surface area contributed by atoms with E-state index in [-0.39, 0.29) is 24.0 Å². The van der Waals surface area contributed by atoms with Gasteiger partial charge in [0.05, 0.1) is 0 Å². The van der Waals surface area contributed by atoms with Gasteiger partial charge in [-0.1, -0.05) is 43.2 Å². The fourth-order valence-electron chi connectivity index (χ4n) is 3.34. The standard InChI is InChI=1S/C20H29N5.HI/c1-2-21-20(24-18-10-6-7-11-18)23-13-12-19-22-14-15-25(19)16-17-8-4-3-5-9-17;/h3-5,8-9,14-15,18H,2,6-7,10-13,16H2,1H3,(H2,21,23,24);1H. The fourth-order valence-corrected chi connectivity index (χ4v) is 3.34. The number of aromatic nitrogens is 2. The Morgan fingerprint density at radius 1 is 1.23 bits per heavy atom. The minimum absolute atomic E-state index is 0. The molecule has 0 aliphatic heterocycles. The minimum Gasteiger partial charge on any atom is -0.357 e. The summed E-state index contributed by atoms with van der Waals surface area (Å²) in [5.74, 6) is 2.03. The summed E-state index contributed by atoms with van der Waals surface area (Å²) in [6, 6.07) is 11.1. The van der Waals surface area contributed by atoms with Crippen LogP contribution in [-0.2, 0) is 13.0 Å². The maximum atomic E-state index is 4.74. The second-order valence-corrected chi connectivity index (χ2v) is 6.59. The first-order valence-electron chi connectivity index (χ1n) is 9.44. The van der Waals surface area contributed by atoms with E-state index < -0.39 is 0 Å². The van der Waals surface area contributed by atoms with Gasteiger partial charge in [0.2, 0.25) is 0 Å². The van der Waals surface area contributed by atoms with Crippen molar-refractivity contribution in [1.82, 2.24) is 20.2 Å². The molecule has 6 heteroatoms. The van der Waals surface area contributed by atoms with E-state index in [1.165, 1.54) is 31.2 Å². The number of halogens is 1. The molecule has 1 fully saturated rings. The van der Waals surface area contributed by atoms with E-state index >= 15 is 0 Å². The first-order chi connectivity index (χ1) is 12.3. The Morgan fingerprint density at radius 3 is 2.73 bits per heavy atom. The van der Waals surface area contributed by atoms with Gasteiger partial charge < -0.3 is 15.2 Å². The van der Waals surface area contributed by atoms with Crippen molar-refractivity contribution in [2.75, 3.05) is 13.1 Å². The zero-order valence-corrected chi connectivity index (χ0v) is 17.9. The quantitative estimate of drug-likeness (QED) is 0.372. The fraction of sp³-hybridized carbons (Fsp3) is 0.500. The van der Waals surface area contributed by atoms with E-state index in [9.17, 15) is 0 Å². The van der Waals surface area contributed by atoms with Crippen LogP contribution in [0.5, 0.6) is 0 Å². The lowest BCUT2D eigenvalue weighted by Gasteiger charge is -2.16. The molecule has 0 saturated heterocycles. The van der Waals surface area contributed by atoms with Crippen molar-refractivity contribution in [3.05, 3.63) is 54.1 Å². The molecule has 1 aliphatic carbocycles. The number of guanidine groups is 1. The highest BCUT2D eigenvalue weighted by Crippen LogP contribution is 2.17. The van der Waals surface area contributed by atoms with E-state index in [0.29, 0.717) is 6.04 Å². The van der Waals surface area contributed by atoms with Gasteiger partial charge in [-0.05, 0) is 25.3 Å². The lowest BCUT2D eigenvalue weighted by atomic mass is 10.2. The van der Waals surface area contributed by atoms with Crippen LogP contribution >= 0.6 is 24.0 Å². The van der Waals surface area contributed by atoms with Gasteiger partial charge in [-0.2, -0.15) is 0 Å². The summed E-state index contributed by atoms with van der Waals surface area (Å²) in [6.07, 6.45) is 9.94. The maximum Gasteiger partial charge on any atom is 0.191 e. The van der Waals surface area contributed by atoms with E-state index in [1.54, 1.807) is 0 Å². The zero-order valence-electron chi connectivity index (χ0n) is 15.5. The Labute approximate surface area is 173 Å². The van der Waals surface area contributed by atoms with E-state index in [4.69, 9.17) is 4.99 Å². The lowest BCUT2D eigenvalue weighted by molar-refractivity contribution is 0.613. The summed E-state index contributed by atoms with van der Waals surface area (Å²) in [4.78, 5) is 9.25. The SMILES string of the molecule is CCNC(=NCCc1nccn1Cc1ccccc1)NC1CCCC1.I. The van der Waals surface area contributed by atoms with Crippen molar-refractivity contribution in [3.8, 4) is 0 Å². The van der Waals surface area contributed by atoms with Gasteiger partial charge in [0.1, 0.15) is 5.82 Å². The van der Waals surface area contributed by atoms with Crippen LogP contribution in [0.4, 0.5) is 0 Å². The minimum atomic E-state index is 0. The molecule has 0 atom stereocenters. The van der Waals surface area contributed by atoms with Crippen LogP contribution < -0.4 is 10.6 Å². The smallest absolute Gasteiger partial charge is 0.191 e. The third kappa shape index (κ3) is 6.30. The summed E-state index contributed by atoms with van der Waals surface area (Å²) in [6.45, 7) is 4.60. The topological polar surface area (TPSA) is 54.2 Å². The molecule has 2 aromatic rings. The van der Waals surface area contributed by atoms with Gasteiger partial charge in [0.25, 0.3) is 0 Å². The summed E-state index contributed by atoms with van der Waals surface area (Å²) < 4.78 is 2.21. The molecular formula is C20H30IN5. The number of aliphatic imine (C=N–C) groups is 1. The molecule has 2 N–H and O–H groups in total. The Balaban J connectivity index is 0.00000243. The van der Waals surface area contributed by atoms with Crippen LogP contribution in [0.2, 0.25) is 0 Å². The molecular weight excluding hydrogens is 437 g/mol. The van der Waals surface area contributed by atoms with E-state index in [2.05, 4.69) is 51.4 Å². The van der Waals surface area contributed by atoms with Gasteiger partial charge in [0, 0.05) is 44.5 Å². The second kappa shape index (κ2) is 11.2. The molecule has 1 saturated carbocycles. The number of rotatable bonds is 7. The van der Waals surface area contributed by atoms with Crippen LogP contribution in [0.15, 0.2) is 47.7 Å². The summed E-state index contributed by atoms with van der Waals surface area (Å²) >= 11 is 0. The normalized spacial score (nSPS) is 14.9. The van der Waals surface area contributed by atoms with Gasteiger partial charge in [-0.25, -0.2) is 4.98 Å². The molecule has 142 valence electrons. The van der Waals surface area contributed by atoms with Gasteiger partial charge in [-0.3, -0.25) is 4.99 Å². The number of benzene rings is 1. The van der Waals surface area contributed by atoms with Gasteiger partial charge in [-0.15, -0.1) is 24.0 Å². The number of imidazole rings is 1. The van der Waals surface area contributed by atoms with Gasteiger partial charge >= 0.3 is 0 Å². The average Bonchev–Trinajstić information content (AvgIpc) is 3.28. The maximum absolute atomic E-state index is 4.74. The Hall–Kier alpha value is -1.57. The van der Waals surface area contributed by atoms with Gasteiger partial charge in [0.15, 0.2) is 5.96 Å². The van der Waals surface area contributed by atoms with Crippen molar-refractivity contribution < 1.29 is 0 Å². The van der Waals surface area contributed by atoms with Crippen LogP contribution in [0.3, 0.4) is 0 Å². The third-order valence-corrected chi connectivity index (χ3v) is 4.64. The molecule has 1 aromatic heterocycles. The monoisotopic (exact) mass is 467 g/mol. The van der Waals surface area contributed by atoms with E-state index in [1.807, 2.05) is 18.5 Å². The molecule has 0 bridgehead atoms. The summed E-state index contributed by atoms with van der Waals surface area (Å²) in [5, 5.41) is 6.92. The van der Waals surface area contributed by atoms with E-state index in [0.717, 1.165) is 37.8 Å². The van der Waals surface area contributed by atoms with Crippen molar-refractivity contribution in [3.63, 3.8) is 0 Å². The molecule has 0 amide bonds. The largest absolute Gasteiger partial charge is 0.357 e. The van der Waals surface area contributed by atoms with Crippen LogP contribution in [-0.4, -0.2) is 34.6 Å². The molecule has 1 heterocycles. The molecule has 1 aromatic carbocycles. The second-order valence-electron chi connectivity index (χ2n) is 6.59. The number of hydrogen-bond acceptors (Lipinski definition) is 2. The highest BCUT2D eigenvalue weighted by atomic mass is 127. The van der Waals surface area contributed by atoms with Crippen molar-refractivity contribution in [1.29, 1.82) is 0 Å². The first-order valence-corrected chi connectivity index (χ1v) is 9.44. The Bertz CT molecular complexity index is 662. The number of nitrogens with one attached hydrogen (secondary N) is 2. The molecule has 5 nitrogen and oxygen atoms in total. The van der Waals surface area contributed by atoms with Crippen LogP contribution in [0, 0.1) is 0 Å². The van der Waals surface area contributed by atoms with Crippen molar-refractivity contribution in [2.24, 2.45) is 4.99 Å². The molecule has 0 unspecified atom stereocenters. The molecule has 1 aliphatic rings. The predicted octanol–water partition coefficient (Wildman–Crippen LogP) is 3.59. The van der Waals surface area contributed by atoms with Crippen molar-refractivity contribution >= 4 is 29.9 Å². The summed E-state index contributed by atoms with van der Waals surface area (Å²) in [7, 11) is 0. The summed E-state index contributed by atoms with van der Waals surface area (Å²) in [5.41, 5.74) is 1.29. The molecule has 26 heavy (non-hydrogen) atoms. The molecule has 3 rings (SSSR count). The van der Waals surface area contributed by atoms with Crippen LogP contribution in [0.1, 0.15) is 44.0 Å². The number of hydrogen-bond donors (Lipinski definition) is 2. The van der Waals surface area contributed by atoms with Crippen LogP contribution in [0.25, 0.3) is 0 Å². The predicted molar refractivity (Wildman–Crippen MR) is 118 cm³/mol. The highest BCUT2D eigenvalue weighted by Gasteiger charge is 2.15. The lowest BCUT2D eigenvalue weighted by Crippen LogP contribution is -2.42. The first kappa shape index (κ1) is 20.7. The number of nitrogens with zero attached hydrogens (tertiary/aromatic N) is 3. The average molecular weight is 467 g/mol. The van der Waals surface area contributed by atoms with Crippen molar-refractivity contribution in [2.45, 2.75) is 51.6 Å². The highest BCUT2D eigenvalue weighted by molar-refractivity contribution is 14.0. The Morgan fingerprint density at radius 2 is 2.00 bits per heavy atom. The third-order valence-electron chi connectivity index (χ3n) is 4.64. The molecule has 0 radical (unpaired) electrons.